The number of hydrogen-bond donors (Lipinski definition) is 0. The van der Waals surface area contributed by atoms with E-state index in [-0.39, 0.29) is 24.1 Å². The average molecular weight is 410 g/mol. The number of hydrogen-bond acceptors (Lipinski definition) is 6. The number of rotatable bonds is 4. The van der Waals surface area contributed by atoms with Gasteiger partial charge in [0.15, 0.2) is 6.61 Å². The summed E-state index contributed by atoms with van der Waals surface area (Å²) in [6.45, 7) is 1.60. The lowest BCUT2D eigenvalue weighted by Gasteiger charge is -2.20. The van der Waals surface area contributed by atoms with Crippen molar-refractivity contribution in [1.82, 2.24) is 9.80 Å². The maximum atomic E-state index is 12.4. The number of nitrogens with zero attached hydrogens (tertiary/aromatic N) is 5. The first-order valence-corrected chi connectivity index (χ1v) is 10.1. The normalized spacial score (nSPS) is 19.4. The third kappa shape index (κ3) is 3.74. The monoisotopic (exact) mass is 410 g/mol. The minimum Gasteiger partial charge on any atom is -0.484 e. The van der Waals surface area contributed by atoms with Crippen LogP contribution in [-0.4, -0.2) is 83.4 Å². The smallest absolute Gasteiger partial charge is 0.446 e. The van der Waals surface area contributed by atoms with Crippen LogP contribution in [0.4, 0.5) is 4.79 Å². The number of ether oxygens (including phenoxy) is 1. The van der Waals surface area contributed by atoms with Gasteiger partial charge < -0.3 is 9.64 Å². The highest BCUT2D eigenvalue weighted by Gasteiger charge is 2.44. The first-order chi connectivity index (χ1) is 14.5. The van der Waals surface area contributed by atoms with Gasteiger partial charge in [0.2, 0.25) is 11.5 Å². The molecular formula is C21H24N5O4+. The molecule has 0 bridgehead atoms. The number of likely N-dealkylation sites (tertiary alicyclic amines) is 1. The lowest BCUT2D eigenvalue weighted by molar-refractivity contribution is -0.401. The number of benzene rings is 1. The van der Waals surface area contributed by atoms with Crippen LogP contribution in [0.15, 0.2) is 34.3 Å². The molecule has 0 unspecified atom stereocenters. The van der Waals surface area contributed by atoms with E-state index in [0.29, 0.717) is 17.1 Å². The quantitative estimate of drug-likeness (QED) is 0.699. The molecule has 0 atom stereocenters. The summed E-state index contributed by atoms with van der Waals surface area (Å²) in [7, 11) is 2.97. The van der Waals surface area contributed by atoms with Crippen molar-refractivity contribution in [3.63, 3.8) is 0 Å². The zero-order chi connectivity index (χ0) is 21.3. The Balaban J connectivity index is 1.43. The largest absolute Gasteiger partial charge is 0.484 e. The molecule has 9 nitrogen and oxygen atoms in total. The van der Waals surface area contributed by atoms with Crippen molar-refractivity contribution in [1.29, 1.82) is 0 Å². The Kier molecular flexibility index (Phi) is 5.43. The molecule has 1 saturated heterocycles. The average Bonchev–Trinajstić information content (AvgIpc) is 3.03. The number of aliphatic imine (C=N–C) groups is 2. The molecule has 9 heteroatoms. The van der Waals surface area contributed by atoms with E-state index in [1.807, 2.05) is 4.90 Å². The van der Waals surface area contributed by atoms with Crippen molar-refractivity contribution in [3.8, 4) is 5.75 Å². The van der Waals surface area contributed by atoms with E-state index in [1.54, 1.807) is 31.3 Å². The molecule has 0 N–H and O–H groups in total. The SMILES string of the molecule is CN1C(=O)C2=NC(c3ccc(OCC(=O)N4CCCCCC4)cc3)=NC2=[N+](C)C1=O. The fraction of sp³-hybridized carbons (Fsp3) is 0.429. The molecule has 1 aromatic rings. The van der Waals surface area contributed by atoms with Gasteiger partial charge in [-0.15, -0.1) is 0 Å². The predicted octanol–water partition coefficient (Wildman–Crippen LogP) is 1.30. The molecule has 1 aromatic carbocycles. The zero-order valence-electron chi connectivity index (χ0n) is 17.1. The molecule has 0 aliphatic carbocycles. The van der Waals surface area contributed by atoms with E-state index in [0.717, 1.165) is 30.8 Å². The second-order valence-corrected chi connectivity index (χ2v) is 7.53. The number of amides is 4. The van der Waals surface area contributed by atoms with Crippen molar-refractivity contribution < 1.29 is 23.7 Å². The van der Waals surface area contributed by atoms with Crippen LogP contribution in [0.25, 0.3) is 0 Å². The molecule has 3 heterocycles. The predicted molar refractivity (Wildman–Crippen MR) is 110 cm³/mol. The third-order valence-corrected chi connectivity index (χ3v) is 5.47. The van der Waals surface area contributed by atoms with Crippen molar-refractivity contribution in [2.24, 2.45) is 9.98 Å². The first-order valence-electron chi connectivity index (χ1n) is 10.1. The molecule has 1 fully saturated rings. The fourth-order valence-corrected chi connectivity index (χ4v) is 3.66. The lowest BCUT2D eigenvalue weighted by atomic mass is 10.2. The summed E-state index contributed by atoms with van der Waals surface area (Å²) in [6, 6.07) is 6.56. The van der Waals surface area contributed by atoms with Crippen LogP contribution in [0.5, 0.6) is 5.75 Å². The maximum Gasteiger partial charge on any atom is 0.446 e. The van der Waals surface area contributed by atoms with Gasteiger partial charge in [-0.3, -0.25) is 4.79 Å². The van der Waals surface area contributed by atoms with Gasteiger partial charge in [-0.1, -0.05) is 17.8 Å². The number of urea groups is 1. The van der Waals surface area contributed by atoms with Crippen LogP contribution in [0.2, 0.25) is 0 Å². The maximum absolute atomic E-state index is 12.4. The van der Waals surface area contributed by atoms with Crippen LogP contribution in [0, 0.1) is 0 Å². The minimum atomic E-state index is -0.473. The third-order valence-electron chi connectivity index (χ3n) is 5.47. The summed E-state index contributed by atoms with van der Waals surface area (Å²) < 4.78 is 6.96. The van der Waals surface area contributed by atoms with E-state index in [9.17, 15) is 14.4 Å². The van der Waals surface area contributed by atoms with Crippen LogP contribution < -0.4 is 4.74 Å². The Morgan fingerprint density at radius 1 is 1.07 bits per heavy atom. The summed E-state index contributed by atoms with van der Waals surface area (Å²) in [5, 5.41) is 0. The first kappa shape index (κ1) is 19.9. The molecule has 0 saturated carbocycles. The summed E-state index contributed by atoms with van der Waals surface area (Å²) >= 11 is 0. The fourth-order valence-electron chi connectivity index (χ4n) is 3.66. The van der Waals surface area contributed by atoms with Gasteiger partial charge in [-0.25, -0.2) is 9.59 Å². The molecule has 30 heavy (non-hydrogen) atoms. The molecular weight excluding hydrogens is 386 g/mol. The number of carbonyl (C=O) groups excluding carboxylic acids is 3. The standard InChI is InChI=1S/C21H24N5O4/c1-24-19-17(20(28)25(2)21(24)29)22-18(23-19)14-7-9-15(10-8-14)30-13-16(27)26-11-5-3-4-6-12-26/h7-10H,3-6,11-13H2,1-2H3/q+1. The summed E-state index contributed by atoms with van der Waals surface area (Å²) in [5.74, 6) is 0.709. The summed E-state index contributed by atoms with van der Waals surface area (Å²) in [4.78, 5) is 48.3. The molecule has 156 valence electrons. The Hall–Kier alpha value is -3.36. The van der Waals surface area contributed by atoms with Gasteiger partial charge in [0, 0.05) is 18.7 Å². The van der Waals surface area contributed by atoms with E-state index in [2.05, 4.69) is 9.98 Å². The Morgan fingerprint density at radius 3 is 2.40 bits per heavy atom. The molecule has 0 aromatic heterocycles. The van der Waals surface area contributed by atoms with Crippen molar-refractivity contribution >= 4 is 35.2 Å². The van der Waals surface area contributed by atoms with Crippen LogP contribution >= 0.6 is 0 Å². The highest BCUT2D eigenvalue weighted by molar-refractivity contribution is 6.70. The Labute approximate surface area is 174 Å². The summed E-state index contributed by atoms with van der Waals surface area (Å²) in [5.41, 5.74) is 0.838. The van der Waals surface area contributed by atoms with Gasteiger partial charge >= 0.3 is 17.8 Å². The highest BCUT2D eigenvalue weighted by Crippen LogP contribution is 2.18. The van der Waals surface area contributed by atoms with Gasteiger partial charge in [-0.05, 0) is 37.1 Å². The minimum absolute atomic E-state index is 0.00311. The number of amidine groups is 2. The zero-order valence-corrected chi connectivity index (χ0v) is 17.1. The van der Waals surface area contributed by atoms with Crippen molar-refractivity contribution in [2.45, 2.75) is 25.7 Å². The molecule has 3 aliphatic heterocycles. The number of fused-ring (bicyclic) bond motifs is 1. The highest BCUT2D eigenvalue weighted by atomic mass is 16.5. The molecule has 4 rings (SSSR count). The van der Waals surface area contributed by atoms with Crippen LogP contribution in [0.3, 0.4) is 0 Å². The van der Waals surface area contributed by atoms with Gasteiger partial charge in [-0.2, -0.15) is 14.5 Å². The lowest BCUT2D eigenvalue weighted by Crippen LogP contribution is -2.51. The van der Waals surface area contributed by atoms with Gasteiger partial charge in [0.25, 0.3) is 5.91 Å². The topological polar surface area (TPSA) is 94.7 Å². The molecule has 0 spiro atoms. The van der Waals surface area contributed by atoms with Crippen LogP contribution in [-0.2, 0) is 9.59 Å². The van der Waals surface area contributed by atoms with Gasteiger partial charge in [0.05, 0.1) is 14.1 Å². The summed E-state index contributed by atoms with van der Waals surface area (Å²) in [6.07, 6.45) is 4.43. The van der Waals surface area contributed by atoms with Crippen molar-refractivity contribution in [3.05, 3.63) is 29.8 Å². The molecule has 0 radical (unpaired) electrons. The Morgan fingerprint density at radius 2 is 1.73 bits per heavy atom. The molecule has 4 amide bonds. The van der Waals surface area contributed by atoms with E-state index >= 15 is 0 Å². The van der Waals surface area contributed by atoms with E-state index < -0.39 is 11.9 Å². The van der Waals surface area contributed by atoms with Crippen molar-refractivity contribution in [2.75, 3.05) is 33.8 Å². The number of imide groups is 1. The second kappa shape index (κ2) is 8.17. The Bertz CT molecular complexity index is 985. The second-order valence-electron chi connectivity index (χ2n) is 7.53. The molecule has 3 aliphatic rings. The van der Waals surface area contributed by atoms with Crippen LogP contribution in [0.1, 0.15) is 31.2 Å². The number of carbonyl (C=O) groups is 3. The van der Waals surface area contributed by atoms with E-state index in [4.69, 9.17) is 4.74 Å². The van der Waals surface area contributed by atoms with Gasteiger partial charge in [0.1, 0.15) is 5.75 Å². The van der Waals surface area contributed by atoms with E-state index in [1.165, 1.54) is 24.5 Å².